The van der Waals surface area contributed by atoms with E-state index in [4.69, 9.17) is 4.42 Å². The van der Waals surface area contributed by atoms with Gasteiger partial charge in [0.15, 0.2) is 5.75 Å². The summed E-state index contributed by atoms with van der Waals surface area (Å²) in [6.07, 6.45) is 2.20. The molecule has 1 saturated heterocycles. The summed E-state index contributed by atoms with van der Waals surface area (Å²) in [6, 6.07) is 12.4. The molecule has 0 unspecified atom stereocenters. The van der Waals surface area contributed by atoms with Crippen LogP contribution in [-0.4, -0.2) is 40.6 Å². The first-order valence-electron chi connectivity index (χ1n) is 8.43. The van der Waals surface area contributed by atoms with Gasteiger partial charge in [-0.15, -0.1) is 0 Å². The van der Waals surface area contributed by atoms with Crippen LogP contribution in [0, 0.1) is 0 Å². The van der Waals surface area contributed by atoms with Crippen molar-refractivity contribution in [2.75, 3.05) is 19.6 Å². The third kappa shape index (κ3) is 4.24. The molecule has 1 aliphatic heterocycles. The summed E-state index contributed by atoms with van der Waals surface area (Å²) in [4.78, 5) is 16.3. The average Bonchev–Trinajstić information content (AvgIpc) is 2.75. The van der Waals surface area contributed by atoms with Crippen LogP contribution in [0.5, 0.6) is 5.75 Å². The van der Waals surface area contributed by atoms with Gasteiger partial charge in [-0.2, -0.15) is 0 Å². The molecule has 0 spiro atoms. The van der Waals surface area contributed by atoms with E-state index in [2.05, 4.69) is 41.0 Å². The van der Waals surface area contributed by atoms with Gasteiger partial charge in [0.2, 0.25) is 5.43 Å². The Morgan fingerprint density at radius 1 is 1.17 bits per heavy atom. The fraction of sp³-hybridized carbons (Fsp3) is 0.421. The molecule has 0 amide bonds. The molecule has 2 aromatic rings. The molecule has 24 heavy (non-hydrogen) atoms. The van der Waals surface area contributed by atoms with Gasteiger partial charge in [0.05, 0.1) is 6.54 Å². The standard InChI is InChI=1S/C19H24N2O3/c1-15-7-8-20(13-17-11-18(22)19(23)14-24-17)9-10-21(15)12-16-5-3-2-4-6-16/h2-6,11,14-15,23H,7-10,12-13H2,1H3/t15-/m0/s1. The van der Waals surface area contributed by atoms with Gasteiger partial charge in [-0.3, -0.25) is 14.6 Å². The van der Waals surface area contributed by atoms with Crippen molar-refractivity contribution in [3.8, 4) is 5.75 Å². The molecule has 1 aromatic carbocycles. The Morgan fingerprint density at radius 3 is 2.71 bits per heavy atom. The molecular formula is C19H24N2O3. The van der Waals surface area contributed by atoms with Gasteiger partial charge in [-0.25, -0.2) is 0 Å². The monoisotopic (exact) mass is 328 g/mol. The van der Waals surface area contributed by atoms with Crippen molar-refractivity contribution in [3.63, 3.8) is 0 Å². The molecule has 2 heterocycles. The van der Waals surface area contributed by atoms with Gasteiger partial charge < -0.3 is 9.52 Å². The lowest BCUT2D eigenvalue weighted by Gasteiger charge is -2.26. The molecule has 1 aromatic heterocycles. The van der Waals surface area contributed by atoms with Crippen LogP contribution in [0.3, 0.4) is 0 Å². The second kappa shape index (κ2) is 7.64. The Morgan fingerprint density at radius 2 is 1.96 bits per heavy atom. The van der Waals surface area contributed by atoms with Crippen molar-refractivity contribution in [1.29, 1.82) is 0 Å². The van der Waals surface area contributed by atoms with Crippen molar-refractivity contribution in [3.05, 3.63) is 64.2 Å². The van der Waals surface area contributed by atoms with Gasteiger partial charge in [0.25, 0.3) is 0 Å². The first kappa shape index (κ1) is 16.7. The highest BCUT2D eigenvalue weighted by molar-refractivity contribution is 5.16. The zero-order valence-electron chi connectivity index (χ0n) is 14.0. The molecule has 0 bridgehead atoms. The van der Waals surface area contributed by atoms with Crippen LogP contribution in [0.2, 0.25) is 0 Å². The van der Waals surface area contributed by atoms with E-state index in [1.54, 1.807) is 0 Å². The number of hydrogen-bond acceptors (Lipinski definition) is 5. The van der Waals surface area contributed by atoms with E-state index in [-0.39, 0.29) is 11.2 Å². The summed E-state index contributed by atoms with van der Waals surface area (Å²) < 4.78 is 5.33. The van der Waals surface area contributed by atoms with Crippen molar-refractivity contribution in [2.45, 2.75) is 32.5 Å². The normalized spacial score (nSPS) is 20.0. The van der Waals surface area contributed by atoms with E-state index in [0.29, 0.717) is 18.3 Å². The van der Waals surface area contributed by atoms with E-state index >= 15 is 0 Å². The van der Waals surface area contributed by atoms with E-state index in [1.165, 1.54) is 11.6 Å². The van der Waals surface area contributed by atoms with Crippen LogP contribution >= 0.6 is 0 Å². The Bertz CT molecular complexity index is 714. The third-order valence-corrected chi connectivity index (χ3v) is 4.66. The van der Waals surface area contributed by atoms with E-state index < -0.39 is 0 Å². The number of benzene rings is 1. The van der Waals surface area contributed by atoms with E-state index in [0.717, 1.165) is 38.9 Å². The predicted molar refractivity (Wildman–Crippen MR) is 92.9 cm³/mol. The Hall–Kier alpha value is -2.11. The number of nitrogens with zero attached hydrogens (tertiary/aromatic N) is 2. The van der Waals surface area contributed by atoms with Crippen LogP contribution in [0.1, 0.15) is 24.7 Å². The zero-order valence-corrected chi connectivity index (χ0v) is 14.0. The van der Waals surface area contributed by atoms with Gasteiger partial charge in [-0.1, -0.05) is 30.3 Å². The average molecular weight is 328 g/mol. The predicted octanol–water partition coefficient (Wildman–Crippen LogP) is 2.44. The SMILES string of the molecule is C[C@H]1CCN(Cc2cc(=O)c(O)co2)CCN1Cc1ccccc1. The van der Waals surface area contributed by atoms with Gasteiger partial charge in [0.1, 0.15) is 12.0 Å². The van der Waals surface area contributed by atoms with Crippen LogP contribution in [0.4, 0.5) is 0 Å². The third-order valence-electron chi connectivity index (χ3n) is 4.66. The maximum absolute atomic E-state index is 11.5. The first-order valence-corrected chi connectivity index (χ1v) is 8.43. The zero-order chi connectivity index (χ0) is 16.9. The summed E-state index contributed by atoms with van der Waals surface area (Å²) in [5.41, 5.74) is 0.951. The van der Waals surface area contributed by atoms with Crippen molar-refractivity contribution < 1.29 is 9.52 Å². The Kier molecular flexibility index (Phi) is 5.33. The first-order chi connectivity index (χ1) is 11.6. The summed E-state index contributed by atoms with van der Waals surface area (Å²) in [5, 5.41) is 9.28. The molecule has 0 saturated carbocycles. The minimum absolute atomic E-state index is 0.336. The molecule has 0 aliphatic carbocycles. The van der Waals surface area contributed by atoms with E-state index in [1.807, 2.05) is 6.07 Å². The van der Waals surface area contributed by atoms with Crippen molar-refractivity contribution >= 4 is 0 Å². The quantitative estimate of drug-likeness (QED) is 0.934. The lowest BCUT2D eigenvalue weighted by atomic mass is 10.1. The molecule has 1 fully saturated rings. The van der Waals surface area contributed by atoms with Crippen molar-refractivity contribution in [1.82, 2.24) is 9.80 Å². The van der Waals surface area contributed by atoms with Gasteiger partial charge in [-0.05, 0) is 18.9 Å². The topological polar surface area (TPSA) is 56.9 Å². The highest BCUT2D eigenvalue weighted by Gasteiger charge is 2.21. The summed E-state index contributed by atoms with van der Waals surface area (Å²) in [7, 11) is 0. The fourth-order valence-electron chi connectivity index (χ4n) is 3.11. The number of rotatable bonds is 4. The maximum Gasteiger partial charge on any atom is 0.226 e. The Balaban J connectivity index is 1.61. The molecule has 128 valence electrons. The minimum Gasteiger partial charge on any atom is -0.502 e. The summed E-state index contributed by atoms with van der Waals surface area (Å²) in [6.45, 7) is 6.72. The number of hydrogen-bond donors (Lipinski definition) is 1. The van der Waals surface area contributed by atoms with Crippen LogP contribution in [0.25, 0.3) is 0 Å². The summed E-state index contributed by atoms with van der Waals surface area (Å²) in [5.74, 6) is 0.263. The number of aromatic hydroxyl groups is 1. The highest BCUT2D eigenvalue weighted by atomic mass is 16.4. The minimum atomic E-state index is -0.384. The molecule has 0 radical (unpaired) electrons. The highest BCUT2D eigenvalue weighted by Crippen LogP contribution is 2.16. The molecule has 1 N–H and O–H groups in total. The van der Waals surface area contributed by atoms with Crippen LogP contribution in [-0.2, 0) is 13.1 Å². The molecule has 3 rings (SSSR count). The van der Waals surface area contributed by atoms with Crippen LogP contribution in [0.15, 0.2) is 51.9 Å². The van der Waals surface area contributed by atoms with Gasteiger partial charge in [0, 0.05) is 38.3 Å². The van der Waals surface area contributed by atoms with Crippen molar-refractivity contribution in [2.24, 2.45) is 0 Å². The molecule has 5 nitrogen and oxygen atoms in total. The molecule has 5 heteroatoms. The van der Waals surface area contributed by atoms with E-state index in [9.17, 15) is 9.90 Å². The lowest BCUT2D eigenvalue weighted by Crippen LogP contribution is -2.34. The lowest BCUT2D eigenvalue weighted by molar-refractivity contribution is 0.202. The molecule has 1 aliphatic rings. The fourth-order valence-corrected chi connectivity index (χ4v) is 3.11. The smallest absolute Gasteiger partial charge is 0.226 e. The molecule has 1 atom stereocenters. The van der Waals surface area contributed by atoms with Gasteiger partial charge >= 0.3 is 0 Å². The van der Waals surface area contributed by atoms with Crippen LogP contribution < -0.4 is 5.43 Å². The maximum atomic E-state index is 11.5. The largest absolute Gasteiger partial charge is 0.502 e. The summed E-state index contributed by atoms with van der Waals surface area (Å²) >= 11 is 0. The second-order valence-electron chi connectivity index (χ2n) is 6.47. The molecular weight excluding hydrogens is 304 g/mol. The Labute approximate surface area is 142 Å². The second-order valence-corrected chi connectivity index (χ2v) is 6.47.